The van der Waals surface area contributed by atoms with Gasteiger partial charge in [-0.25, -0.2) is 0 Å². The Hall–Kier alpha value is -0.610. The molecule has 6 atom stereocenters. The van der Waals surface area contributed by atoms with Crippen molar-refractivity contribution in [2.45, 2.75) is 104 Å². The molecule has 0 aromatic heterocycles. The van der Waals surface area contributed by atoms with Crippen LogP contribution in [0.2, 0.25) is 0 Å². The fourth-order valence-corrected chi connectivity index (χ4v) is 6.68. The van der Waals surface area contributed by atoms with Gasteiger partial charge in [-0.1, -0.05) is 52.9 Å². The molecule has 2 N–H and O–H groups in total. The van der Waals surface area contributed by atoms with Gasteiger partial charge in [-0.2, -0.15) is 0 Å². The first-order chi connectivity index (χ1) is 13.9. The Bertz CT molecular complexity index is 517. The quantitative estimate of drug-likeness (QED) is 0.568. The maximum atomic E-state index is 11.4. The first-order valence-electron chi connectivity index (χ1n) is 12.6. The van der Waals surface area contributed by atoms with Gasteiger partial charge in [-0.15, -0.1) is 0 Å². The van der Waals surface area contributed by atoms with Crippen LogP contribution in [0.3, 0.4) is 0 Å². The number of rotatable bonds is 8. The maximum Gasteiger partial charge on any atom is 0.307 e. The van der Waals surface area contributed by atoms with Gasteiger partial charge in [0.25, 0.3) is 0 Å². The third-order valence-corrected chi connectivity index (χ3v) is 8.61. The average molecular weight is 407 g/mol. The van der Waals surface area contributed by atoms with E-state index in [0.717, 1.165) is 29.6 Å². The molecule has 0 radical (unpaired) electrons. The largest absolute Gasteiger partial charge is 0.481 e. The van der Waals surface area contributed by atoms with Crippen molar-refractivity contribution in [3.8, 4) is 0 Å². The Labute approximate surface area is 179 Å². The third-order valence-electron chi connectivity index (χ3n) is 8.61. The van der Waals surface area contributed by atoms with E-state index in [-0.39, 0.29) is 5.92 Å². The van der Waals surface area contributed by atoms with Gasteiger partial charge < -0.3 is 5.11 Å². The van der Waals surface area contributed by atoms with Gasteiger partial charge in [0.1, 0.15) is 0 Å². The number of hydrogen-bond donors (Lipinski definition) is 2. The number of hydrogen-bond acceptors (Lipinski definition) is 3. The van der Waals surface area contributed by atoms with Crippen molar-refractivity contribution in [3.05, 3.63) is 0 Å². The number of aliphatic carboxylic acids is 1. The van der Waals surface area contributed by atoms with Gasteiger partial charge in [0.05, 0.1) is 12.1 Å². The molecule has 2 saturated carbocycles. The highest BCUT2D eigenvalue weighted by Gasteiger charge is 2.45. The van der Waals surface area contributed by atoms with Gasteiger partial charge in [-0.05, 0) is 75.2 Å². The van der Waals surface area contributed by atoms with E-state index in [1.807, 2.05) is 6.92 Å². The van der Waals surface area contributed by atoms with Crippen molar-refractivity contribution in [2.75, 3.05) is 13.6 Å². The van der Waals surface area contributed by atoms with Crippen LogP contribution in [-0.4, -0.2) is 41.8 Å². The summed E-state index contributed by atoms with van der Waals surface area (Å²) in [6, 6.07) is 0.638. The highest BCUT2D eigenvalue weighted by atomic mass is 16.4. The van der Waals surface area contributed by atoms with Gasteiger partial charge >= 0.3 is 5.97 Å². The number of nitrogens with zero attached hydrogens (tertiary/aromatic N) is 1. The molecule has 1 aliphatic heterocycles. The summed E-state index contributed by atoms with van der Waals surface area (Å²) >= 11 is 0. The number of carbonyl (C=O) groups is 1. The Morgan fingerprint density at radius 3 is 2.48 bits per heavy atom. The van der Waals surface area contributed by atoms with E-state index in [4.69, 9.17) is 0 Å². The van der Waals surface area contributed by atoms with Crippen LogP contribution in [0.1, 0.15) is 91.4 Å². The normalized spacial score (nSPS) is 39.1. The molecule has 3 rings (SSSR count). The summed E-state index contributed by atoms with van der Waals surface area (Å²) in [5.74, 6) is 3.40. The summed E-state index contributed by atoms with van der Waals surface area (Å²) < 4.78 is 0. The fraction of sp³-hybridized carbons (Fsp3) is 0.960. The van der Waals surface area contributed by atoms with Gasteiger partial charge in [-0.3, -0.25) is 15.0 Å². The van der Waals surface area contributed by atoms with Crippen LogP contribution in [-0.2, 0) is 4.79 Å². The molecule has 4 heteroatoms. The Morgan fingerprint density at radius 2 is 1.83 bits per heavy atom. The third kappa shape index (κ3) is 5.97. The lowest BCUT2D eigenvalue weighted by Gasteiger charge is -2.52. The van der Waals surface area contributed by atoms with Crippen molar-refractivity contribution in [1.82, 2.24) is 10.2 Å². The minimum atomic E-state index is -0.681. The SMILES string of the molecule is CCCCC1CCC2NC(N(C)CC(C)C(=O)O)CC(C3CCC(C)CC3)C2C1. The number of carboxylic acid groups (broad SMARTS) is 1. The molecule has 0 aromatic rings. The molecule has 29 heavy (non-hydrogen) atoms. The van der Waals surface area contributed by atoms with Crippen LogP contribution in [0, 0.1) is 35.5 Å². The number of nitrogens with one attached hydrogen (secondary N) is 1. The van der Waals surface area contributed by atoms with Crippen LogP contribution >= 0.6 is 0 Å². The number of unbranched alkanes of at least 4 members (excludes halogenated alkanes) is 1. The standard InChI is InChI=1S/C25H46N2O2/c1-5-6-7-19-10-13-23-22(14-19)21(20-11-8-17(2)9-12-20)15-24(26-23)27(4)16-18(3)25(28)29/h17-24,26H,5-16H2,1-4H3,(H,28,29). The lowest BCUT2D eigenvalue weighted by molar-refractivity contribution is -0.142. The topological polar surface area (TPSA) is 52.6 Å². The molecule has 1 saturated heterocycles. The smallest absolute Gasteiger partial charge is 0.307 e. The molecule has 0 bridgehead atoms. The predicted molar refractivity (Wildman–Crippen MR) is 120 cm³/mol. The van der Waals surface area contributed by atoms with Crippen LogP contribution in [0.25, 0.3) is 0 Å². The van der Waals surface area contributed by atoms with E-state index < -0.39 is 5.97 Å². The van der Waals surface area contributed by atoms with Crippen LogP contribution in [0.4, 0.5) is 0 Å². The maximum absolute atomic E-state index is 11.4. The first-order valence-corrected chi connectivity index (χ1v) is 12.6. The Morgan fingerprint density at radius 1 is 1.10 bits per heavy atom. The summed E-state index contributed by atoms with van der Waals surface area (Å²) in [5.41, 5.74) is 0. The molecule has 2 aliphatic carbocycles. The highest BCUT2D eigenvalue weighted by Crippen LogP contribution is 2.47. The second kappa shape index (κ2) is 10.6. The van der Waals surface area contributed by atoms with Crippen LogP contribution in [0.15, 0.2) is 0 Å². The molecule has 168 valence electrons. The van der Waals surface area contributed by atoms with E-state index in [2.05, 4.69) is 31.1 Å². The lowest BCUT2D eigenvalue weighted by Crippen LogP contribution is -2.60. The van der Waals surface area contributed by atoms with Crippen molar-refractivity contribution in [1.29, 1.82) is 0 Å². The Balaban J connectivity index is 1.70. The summed E-state index contributed by atoms with van der Waals surface area (Å²) in [6.45, 7) is 7.21. The molecular weight excluding hydrogens is 360 g/mol. The van der Waals surface area contributed by atoms with Crippen molar-refractivity contribution >= 4 is 5.97 Å². The molecule has 0 aromatic carbocycles. The zero-order valence-corrected chi connectivity index (χ0v) is 19.4. The van der Waals surface area contributed by atoms with E-state index in [9.17, 15) is 9.90 Å². The van der Waals surface area contributed by atoms with Gasteiger partial charge in [0.15, 0.2) is 0 Å². The summed E-state index contributed by atoms with van der Waals surface area (Å²) in [6.07, 6.45) is 15.4. The first kappa shape index (κ1) is 23.1. The molecule has 1 heterocycles. The van der Waals surface area contributed by atoms with Crippen molar-refractivity contribution in [3.63, 3.8) is 0 Å². The van der Waals surface area contributed by atoms with Crippen molar-refractivity contribution in [2.24, 2.45) is 35.5 Å². The van der Waals surface area contributed by atoms with E-state index >= 15 is 0 Å². The molecule has 4 nitrogen and oxygen atoms in total. The van der Waals surface area contributed by atoms with Crippen LogP contribution in [0.5, 0.6) is 0 Å². The number of fused-ring (bicyclic) bond motifs is 1. The van der Waals surface area contributed by atoms with E-state index in [0.29, 0.717) is 18.8 Å². The van der Waals surface area contributed by atoms with Gasteiger partial charge in [0.2, 0.25) is 0 Å². The molecule has 6 unspecified atom stereocenters. The Kier molecular flexibility index (Phi) is 8.44. The molecule has 0 spiro atoms. The monoisotopic (exact) mass is 406 g/mol. The zero-order chi connectivity index (χ0) is 21.0. The predicted octanol–water partition coefficient (Wildman–Crippen LogP) is 5.38. The number of carboxylic acids is 1. The van der Waals surface area contributed by atoms with E-state index in [1.54, 1.807) is 0 Å². The lowest BCUT2D eigenvalue weighted by atomic mass is 9.61. The summed E-state index contributed by atoms with van der Waals surface area (Å²) in [5, 5.41) is 13.3. The zero-order valence-electron chi connectivity index (χ0n) is 19.4. The second-order valence-electron chi connectivity index (χ2n) is 10.9. The minimum Gasteiger partial charge on any atom is -0.481 e. The van der Waals surface area contributed by atoms with E-state index in [1.165, 1.54) is 70.6 Å². The molecule has 3 fully saturated rings. The molecule has 0 amide bonds. The van der Waals surface area contributed by atoms with Crippen molar-refractivity contribution < 1.29 is 9.90 Å². The molecular formula is C25H46N2O2. The number of piperidine rings is 1. The minimum absolute atomic E-state index is 0.307. The fourth-order valence-electron chi connectivity index (χ4n) is 6.68. The van der Waals surface area contributed by atoms with Crippen LogP contribution < -0.4 is 5.32 Å². The molecule has 3 aliphatic rings. The summed E-state index contributed by atoms with van der Waals surface area (Å²) in [4.78, 5) is 13.7. The highest BCUT2D eigenvalue weighted by molar-refractivity contribution is 5.69. The average Bonchev–Trinajstić information content (AvgIpc) is 2.71. The second-order valence-corrected chi connectivity index (χ2v) is 10.9. The summed E-state index contributed by atoms with van der Waals surface area (Å²) in [7, 11) is 2.13. The van der Waals surface area contributed by atoms with Gasteiger partial charge in [0, 0.05) is 12.6 Å².